The first-order valence-corrected chi connectivity index (χ1v) is 13.7. The predicted molar refractivity (Wildman–Crippen MR) is 150 cm³/mol. The van der Waals surface area contributed by atoms with Crippen LogP contribution in [0, 0.1) is 0 Å². The van der Waals surface area contributed by atoms with E-state index in [2.05, 4.69) is 20.3 Å². The topological polar surface area (TPSA) is 92.7 Å². The maximum absolute atomic E-state index is 12.7. The molecule has 5 rings (SSSR count). The van der Waals surface area contributed by atoms with Crippen molar-refractivity contribution in [1.82, 2.24) is 24.8 Å². The van der Waals surface area contributed by atoms with Gasteiger partial charge >= 0.3 is 0 Å². The van der Waals surface area contributed by atoms with E-state index in [0.717, 1.165) is 41.7 Å². The lowest BCUT2D eigenvalue weighted by Gasteiger charge is -2.26. The van der Waals surface area contributed by atoms with Crippen LogP contribution < -0.4 is 14.8 Å². The fourth-order valence-electron chi connectivity index (χ4n) is 4.47. The summed E-state index contributed by atoms with van der Waals surface area (Å²) in [5, 5.41) is 6.53. The van der Waals surface area contributed by atoms with Crippen LogP contribution >= 0.6 is 22.9 Å². The van der Waals surface area contributed by atoms with E-state index >= 15 is 0 Å². The van der Waals surface area contributed by atoms with Gasteiger partial charge in [-0.15, -0.1) is 11.3 Å². The Kier molecular flexibility index (Phi) is 8.21. The van der Waals surface area contributed by atoms with Crippen LogP contribution in [-0.2, 0) is 11.4 Å². The molecule has 4 aromatic rings. The van der Waals surface area contributed by atoms with Crippen LogP contribution in [0.3, 0.4) is 0 Å². The number of benzene rings is 2. The van der Waals surface area contributed by atoms with Crippen molar-refractivity contribution in [2.75, 3.05) is 39.1 Å². The number of likely N-dealkylation sites (N-methyl/N-ethyl adjacent to an activating group) is 1. The van der Waals surface area contributed by atoms with Crippen molar-refractivity contribution in [2.45, 2.75) is 25.5 Å². The van der Waals surface area contributed by atoms with E-state index in [0.29, 0.717) is 42.1 Å². The Morgan fingerprint density at radius 3 is 2.87 bits per heavy atom. The van der Waals surface area contributed by atoms with Crippen molar-refractivity contribution in [3.05, 3.63) is 64.3 Å². The predicted octanol–water partition coefficient (Wildman–Crippen LogP) is 4.99. The summed E-state index contributed by atoms with van der Waals surface area (Å²) in [6.45, 7) is 1.91. The summed E-state index contributed by atoms with van der Waals surface area (Å²) < 4.78 is 12.1. The third-order valence-corrected chi connectivity index (χ3v) is 7.19. The summed E-state index contributed by atoms with van der Waals surface area (Å²) >= 11 is 8.03. The third-order valence-electron chi connectivity index (χ3n) is 6.26. The summed E-state index contributed by atoms with van der Waals surface area (Å²) in [6.07, 6.45) is 3.41. The van der Waals surface area contributed by atoms with Crippen molar-refractivity contribution in [3.63, 3.8) is 0 Å². The largest absolute Gasteiger partial charge is 0.491 e. The number of likely N-dealkylation sites (tertiary alicyclic amines) is 1. The van der Waals surface area contributed by atoms with Crippen LogP contribution in [0.15, 0.2) is 53.6 Å². The maximum Gasteiger partial charge on any atom is 0.237 e. The van der Waals surface area contributed by atoms with Gasteiger partial charge in [0.25, 0.3) is 0 Å². The first kappa shape index (κ1) is 26.1. The van der Waals surface area contributed by atoms with Crippen LogP contribution in [0.25, 0.3) is 10.9 Å². The summed E-state index contributed by atoms with van der Waals surface area (Å²) in [5.74, 6) is 1.96. The SMILES string of the molecule is CN(C)CC(=O)N1CCC[C@@H]1COc1cccc2ncnc(Nc3ccc(OCc4cscn4)c(Cl)c3)c12. The molecule has 0 saturated carbocycles. The number of hydrogen-bond donors (Lipinski definition) is 1. The van der Waals surface area contributed by atoms with E-state index in [9.17, 15) is 4.79 Å². The Balaban J connectivity index is 1.32. The lowest BCUT2D eigenvalue weighted by molar-refractivity contribution is -0.133. The summed E-state index contributed by atoms with van der Waals surface area (Å²) in [6, 6.07) is 11.3. The Bertz CT molecular complexity index is 1400. The van der Waals surface area contributed by atoms with Crippen molar-refractivity contribution in [2.24, 2.45) is 0 Å². The van der Waals surface area contributed by atoms with E-state index in [1.54, 1.807) is 11.6 Å². The van der Waals surface area contributed by atoms with E-state index in [1.165, 1.54) is 17.7 Å². The fraction of sp³-hybridized carbons (Fsp3) is 0.333. The molecule has 1 saturated heterocycles. The highest BCUT2D eigenvalue weighted by molar-refractivity contribution is 7.07. The number of nitrogens with zero attached hydrogens (tertiary/aromatic N) is 5. The minimum atomic E-state index is 0.0365. The number of thiazole rings is 1. The molecule has 0 unspecified atom stereocenters. The minimum absolute atomic E-state index is 0.0365. The van der Waals surface area contributed by atoms with Gasteiger partial charge in [0.05, 0.1) is 39.7 Å². The van der Waals surface area contributed by atoms with E-state index in [-0.39, 0.29) is 11.9 Å². The minimum Gasteiger partial charge on any atom is -0.491 e. The number of halogens is 1. The van der Waals surface area contributed by atoms with E-state index in [4.69, 9.17) is 21.1 Å². The smallest absolute Gasteiger partial charge is 0.237 e. The zero-order chi connectivity index (χ0) is 26.5. The number of aromatic nitrogens is 3. The second kappa shape index (κ2) is 11.9. The average molecular weight is 553 g/mol. The number of anilines is 2. The Labute approximate surface area is 230 Å². The maximum atomic E-state index is 12.7. The average Bonchev–Trinajstić information content (AvgIpc) is 3.59. The highest BCUT2D eigenvalue weighted by atomic mass is 35.5. The van der Waals surface area contributed by atoms with Gasteiger partial charge in [-0.2, -0.15) is 0 Å². The number of amides is 1. The molecular formula is C27H29ClN6O3S. The molecule has 198 valence electrons. The number of carbonyl (C=O) groups excluding carboxylic acids is 1. The zero-order valence-electron chi connectivity index (χ0n) is 21.3. The van der Waals surface area contributed by atoms with Gasteiger partial charge in [0.15, 0.2) is 0 Å². The van der Waals surface area contributed by atoms with Crippen LogP contribution in [-0.4, -0.2) is 70.5 Å². The van der Waals surface area contributed by atoms with E-state index < -0.39 is 0 Å². The standard InChI is InChI=1S/C27H29ClN6O3S/c1-33(2)12-25(35)34-10-4-5-20(34)14-37-24-7-3-6-22-26(24)27(30-16-29-22)32-18-8-9-23(21(28)11-18)36-13-19-15-38-17-31-19/h3,6-9,11,15-17,20H,4-5,10,12-14H2,1-2H3,(H,29,30,32)/t20-/m1/s1. The first-order chi connectivity index (χ1) is 18.5. The van der Waals surface area contributed by atoms with E-state index in [1.807, 2.05) is 59.6 Å². The molecule has 1 aliphatic rings. The molecule has 1 fully saturated rings. The number of fused-ring (bicyclic) bond motifs is 1. The normalized spacial score (nSPS) is 15.3. The molecule has 3 heterocycles. The van der Waals surface area contributed by atoms with Crippen molar-refractivity contribution < 1.29 is 14.3 Å². The van der Waals surface area contributed by atoms with Crippen molar-refractivity contribution >= 4 is 51.3 Å². The molecule has 0 radical (unpaired) electrons. The highest BCUT2D eigenvalue weighted by Crippen LogP contribution is 2.34. The molecule has 0 spiro atoms. The van der Waals surface area contributed by atoms with Crippen molar-refractivity contribution in [3.8, 4) is 11.5 Å². The quantitative estimate of drug-likeness (QED) is 0.294. The molecule has 1 aliphatic heterocycles. The molecule has 1 N–H and O–H groups in total. The zero-order valence-corrected chi connectivity index (χ0v) is 22.8. The molecule has 2 aromatic heterocycles. The Morgan fingerprint density at radius 1 is 1.18 bits per heavy atom. The van der Waals surface area contributed by atoms with Gasteiger partial charge in [-0.1, -0.05) is 17.7 Å². The number of rotatable bonds is 10. The molecule has 0 aliphatic carbocycles. The Hall–Kier alpha value is -3.47. The summed E-state index contributed by atoms with van der Waals surface area (Å²) in [5.41, 5.74) is 4.13. The highest BCUT2D eigenvalue weighted by Gasteiger charge is 2.29. The summed E-state index contributed by atoms with van der Waals surface area (Å²) in [4.78, 5) is 29.6. The monoisotopic (exact) mass is 552 g/mol. The Morgan fingerprint density at radius 2 is 2.08 bits per heavy atom. The van der Waals surface area contributed by atoms with Crippen LogP contribution in [0.5, 0.6) is 11.5 Å². The van der Waals surface area contributed by atoms with Crippen LogP contribution in [0.2, 0.25) is 5.02 Å². The second-order valence-corrected chi connectivity index (χ2v) is 10.5. The van der Waals surface area contributed by atoms with Gasteiger partial charge in [0, 0.05) is 17.6 Å². The number of ether oxygens (including phenoxy) is 2. The summed E-state index contributed by atoms with van der Waals surface area (Å²) in [7, 11) is 3.81. The van der Waals surface area contributed by atoms with Crippen LogP contribution in [0.1, 0.15) is 18.5 Å². The molecule has 1 atom stereocenters. The fourth-order valence-corrected chi connectivity index (χ4v) is 5.25. The van der Waals surface area contributed by atoms with Gasteiger partial charge in [0.1, 0.15) is 36.9 Å². The lowest BCUT2D eigenvalue weighted by atomic mass is 10.2. The van der Waals surface area contributed by atoms with Gasteiger partial charge < -0.3 is 24.6 Å². The molecule has 38 heavy (non-hydrogen) atoms. The molecule has 2 aromatic carbocycles. The lowest BCUT2D eigenvalue weighted by Crippen LogP contribution is -2.43. The van der Waals surface area contributed by atoms with Gasteiger partial charge in [0.2, 0.25) is 5.91 Å². The molecule has 11 heteroatoms. The first-order valence-electron chi connectivity index (χ1n) is 12.3. The molecule has 9 nitrogen and oxygen atoms in total. The number of hydrogen-bond acceptors (Lipinski definition) is 9. The third kappa shape index (κ3) is 6.15. The molecule has 0 bridgehead atoms. The second-order valence-electron chi connectivity index (χ2n) is 9.34. The number of nitrogens with one attached hydrogen (secondary N) is 1. The van der Waals surface area contributed by atoms with Crippen LogP contribution in [0.4, 0.5) is 11.5 Å². The van der Waals surface area contributed by atoms with Gasteiger partial charge in [-0.05, 0) is 57.3 Å². The molecular weight excluding hydrogens is 524 g/mol. The van der Waals surface area contributed by atoms with Crippen molar-refractivity contribution in [1.29, 1.82) is 0 Å². The molecule has 1 amide bonds. The van der Waals surface area contributed by atoms with Gasteiger partial charge in [-0.3, -0.25) is 4.79 Å². The number of carbonyl (C=O) groups is 1. The van der Waals surface area contributed by atoms with Gasteiger partial charge in [-0.25, -0.2) is 15.0 Å².